The Bertz CT molecular complexity index is 433. The Hall–Kier alpha value is -2.18. The number of esters is 1. The van der Waals surface area contributed by atoms with Gasteiger partial charge in [0.25, 0.3) is 5.69 Å². The Morgan fingerprint density at radius 2 is 2.20 bits per heavy atom. The zero-order chi connectivity index (χ0) is 11.6. The Morgan fingerprint density at radius 1 is 1.60 bits per heavy atom. The lowest BCUT2D eigenvalue weighted by atomic mass is 10.1. The largest absolute Gasteiger partial charge is 0.465 e. The maximum absolute atomic E-state index is 13.2. The zero-order valence-electron chi connectivity index (χ0n) is 7.69. The van der Waals surface area contributed by atoms with Crippen molar-refractivity contribution in [2.75, 3.05) is 12.8 Å². The van der Waals surface area contributed by atoms with Crippen molar-refractivity contribution in [1.29, 1.82) is 0 Å². The van der Waals surface area contributed by atoms with E-state index in [0.717, 1.165) is 19.2 Å². The first-order valence-corrected chi connectivity index (χ1v) is 3.79. The summed E-state index contributed by atoms with van der Waals surface area (Å²) in [5, 5.41) is 10.5. The fourth-order valence-electron chi connectivity index (χ4n) is 1.06. The Morgan fingerprint density at radius 3 is 2.67 bits per heavy atom. The van der Waals surface area contributed by atoms with E-state index >= 15 is 0 Å². The fourth-order valence-corrected chi connectivity index (χ4v) is 1.06. The van der Waals surface area contributed by atoms with Gasteiger partial charge in [-0.2, -0.15) is 0 Å². The number of hydrogen-bond donors (Lipinski definition) is 1. The second kappa shape index (κ2) is 3.91. The summed E-state index contributed by atoms with van der Waals surface area (Å²) in [4.78, 5) is 20.7. The number of carbonyl (C=O) groups excluding carboxylic acids is 1. The van der Waals surface area contributed by atoms with Crippen LogP contribution in [0.25, 0.3) is 0 Å². The van der Waals surface area contributed by atoms with E-state index in [1.807, 2.05) is 0 Å². The van der Waals surface area contributed by atoms with Crippen LogP contribution in [0.15, 0.2) is 12.1 Å². The maximum atomic E-state index is 13.2. The first-order valence-electron chi connectivity index (χ1n) is 3.79. The number of halogens is 1. The minimum Gasteiger partial charge on any atom is -0.465 e. The van der Waals surface area contributed by atoms with Crippen molar-refractivity contribution in [3.05, 3.63) is 33.6 Å². The average Bonchev–Trinajstić information content (AvgIpc) is 2.15. The van der Waals surface area contributed by atoms with Gasteiger partial charge in [-0.05, 0) is 6.07 Å². The number of anilines is 1. The highest BCUT2D eigenvalue weighted by atomic mass is 19.1. The van der Waals surface area contributed by atoms with Gasteiger partial charge in [0.1, 0.15) is 5.82 Å². The van der Waals surface area contributed by atoms with Crippen molar-refractivity contribution < 1.29 is 18.8 Å². The predicted molar refractivity (Wildman–Crippen MR) is 48.8 cm³/mol. The standard InChI is InChI=1S/C8H7FN2O4/c1-15-8(12)7-5(9)2-4(10)3-6(7)11(13)14/h2-3H,10H2,1H3. The minimum atomic E-state index is -1.11. The van der Waals surface area contributed by atoms with Crippen LogP contribution >= 0.6 is 0 Å². The van der Waals surface area contributed by atoms with E-state index in [-0.39, 0.29) is 5.69 Å². The molecule has 7 heteroatoms. The van der Waals surface area contributed by atoms with Crippen LogP contribution in [-0.2, 0) is 4.74 Å². The molecule has 0 aliphatic heterocycles. The second-order valence-corrected chi connectivity index (χ2v) is 2.65. The molecule has 0 atom stereocenters. The molecule has 0 fully saturated rings. The third-order valence-electron chi connectivity index (χ3n) is 1.68. The van der Waals surface area contributed by atoms with E-state index in [9.17, 15) is 19.3 Å². The maximum Gasteiger partial charge on any atom is 0.347 e. The second-order valence-electron chi connectivity index (χ2n) is 2.65. The van der Waals surface area contributed by atoms with Crippen molar-refractivity contribution in [1.82, 2.24) is 0 Å². The normalized spacial score (nSPS) is 9.73. The monoisotopic (exact) mass is 214 g/mol. The Kier molecular flexibility index (Phi) is 2.84. The average molecular weight is 214 g/mol. The van der Waals surface area contributed by atoms with Gasteiger partial charge in [-0.15, -0.1) is 0 Å². The van der Waals surface area contributed by atoms with Crippen LogP contribution < -0.4 is 5.73 Å². The highest BCUT2D eigenvalue weighted by molar-refractivity contribution is 5.94. The summed E-state index contributed by atoms with van der Waals surface area (Å²) in [5.74, 6) is -2.19. The number of nitrogen functional groups attached to an aromatic ring is 1. The molecule has 6 nitrogen and oxygen atoms in total. The molecule has 0 bridgehead atoms. The minimum absolute atomic E-state index is 0.133. The predicted octanol–water partition coefficient (Wildman–Crippen LogP) is 1.10. The first-order chi connectivity index (χ1) is 6.97. The molecule has 1 aromatic carbocycles. The Labute approximate surface area is 83.6 Å². The van der Waals surface area contributed by atoms with Crippen molar-refractivity contribution in [2.24, 2.45) is 0 Å². The SMILES string of the molecule is COC(=O)c1c(F)cc(N)cc1[N+](=O)[O-]. The molecule has 0 saturated carbocycles. The van der Waals surface area contributed by atoms with Gasteiger partial charge in [0, 0.05) is 11.8 Å². The van der Waals surface area contributed by atoms with Crippen molar-refractivity contribution >= 4 is 17.3 Å². The molecule has 0 spiro atoms. The van der Waals surface area contributed by atoms with E-state index in [1.54, 1.807) is 0 Å². The number of carbonyl (C=O) groups is 1. The highest BCUT2D eigenvalue weighted by Gasteiger charge is 2.26. The van der Waals surface area contributed by atoms with E-state index < -0.39 is 28.0 Å². The van der Waals surface area contributed by atoms with Gasteiger partial charge in [0.15, 0.2) is 5.56 Å². The van der Waals surface area contributed by atoms with Crippen molar-refractivity contribution in [2.45, 2.75) is 0 Å². The molecule has 1 aromatic rings. The van der Waals surface area contributed by atoms with Crippen molar-refractivity contribution in [3.8, 4) is 0 Å². The molecular formula is C8H7FN2O4. The summed E-state index contributed by atoms with van der Waals surface area (Å²) < 4.78 is 17.4. The van der Waals surface area contributed by atoms with Crippen LogP contribution in [0.4, 0.5) is 15.8 Å². The van der Waals surface area contributed by atoms with Crippen LogP contribution in [0.3, 0.4) is 0 Å². The van der Waals surface area contributed by atoms with E-state index in [2.05, 4.69) is 4.74 Å². The van der Waals surface area contributed by atoms with Crippen molar-refractivity contribution in [3.63, 3.8) is 0 Å². The van der Waals surface area contributed by atoms with E-state index in [0.29, 0.717) is 0 Å². The number of nitrogens with zero attached hydrogens (tertiary/aromatic N) is 1. The lowest BCUT2D eigenvalue weighted by Gasteiger charge is -2.03. The highest BCUT2D eigenvalue weighted by Crippen LogP contribution is 2.25. The molecule has 1 rings (SSSR count). The molecule has 80 valence electrons. The molecule has 0 radical (unpaired) electrons. The first kappa shape index (κ1) is 10.9. The van der Waals surface area contributed by atoms with Gasteiger partial charge in [-0.3, -0.25) is 10.1 Å². The molecule has 0 heterocycles. The van der Waals surface area contributed by atoms with Crippen LogP contribution in [0.1, 0.15) is 10.4 Å². The number of methoxy groups -OCH3 is 1. The van der Waals surface area contributed by atoms with E-state index in [1.165, 1.54) is 0 Å². The molecule has 0 aliphatic rings. The lowest BCUT2D eigenvalue weighted by Crippen LogP contribution is -2.09. The number of rotatable bonds is 2. The molecule has 15 heavy (non-hydrogen) atoms. The topological polar surface area (TPSA) is 95.5 Å². The molecule has 0 aromatic heterocycles. The van der Waals surface area contributed by atoms with Gasteiger partial charge in [0.2, 0.25) is 0 Å². The van der Waals surface area contributed by atoms with Gasteiger partial charge in [-0.1, -0.05) is 0 Å². The van der Waals surface area contributed by atoms with Gasteiger partial charge in [-0.25, -0.2) is 9.18 Å². The summed E-state index contributed by atoms with van der Waals surface area (Å²) in [6.07, 6.45) is 0. The fraction of sp³-hybridized carbons (Fsp3) is 0.125. The third-order valence-corrected chi connectivity index (χ3v) is 1.68. The smallest absolute Gasteiger partial charge is 0.347 e. The summed E-state index contributed by atoms with van der Waals surface area (Å²) >= 11 is 0. The van der Waals surface area contributed by atoms with Crippen LogP contribution in [0.5, 0.6) is 0 Å². The molecule has 0 aliphatic carbocycles. The summed E-state index contributed by atoms with van der Waals surface area (Å²) in [7, 11) is 1.00. The summed E-state index contributed by atoms with van der Waals surface area (Å²) in [6.45, 7) is 0. The lowest BCUT2D eigenvalue weighted by molar-refractivity contribution is -0.385. The number of nitro benzene ring substituents is 1. The zero-order valence-corrected chi connectivity index (χ0v) is 7.69. The molecule has 0 saturated heterocycles. The quantitative estimate of drug-likeness (QED) is 0.344. The number of ether oxygens (including phenoxy) is 1. The molecule has 0 amide bonds. The number of nitrogens with two attached hydrogens (primary N) is 1. The van der Waals surface area contributed by atoms with Crippen LogP contribution in [-0.4, -0.2) is 18.0 Å². The number of nitro groups is 1. The molecular weight excluding hydrogens is 207 g/mol. The van der Waals surface area contributed by atoms with Gasteiger partial charge >= 0.3 is 5.97 Å². The summed E-state index contributed by atoms with van der Waals surface area (Å²) in [6, 6.07) is 1.72. The third kappa shape index (κ3) is 2.01. The van der Waals surface area contributed by atoms with E-state index in [4.69, 9.17) is 5.73 Å². The summed E-state index contributed by atoms with van der Waals surface area (Å²) in [5.41, 5.74) is 3.64. The number of hydrogen-bond acceptors (Lipinski definition) is 5. The van der Waals surface area contributed by atoms with Crippen LogP contribution in [0.2, 0.25) is 0 Å². The Balaban J connectivity index is 3.46. The van der Waals surface area contributed by atoms with Gasteiger partial charge in [0.05, 0.1) is 12.0 Å². The number of benzene rings is 1. The van der Waals surface area contributed by atoms with Gasteiger partial charge < -0.3 is 10.5 Å². The van der Waals surface area contributed by atoms with Crippen LogP contribution in [0, 0.1) is 15.9 Å². The molecule has 2 N–H and O–H groups in total. The molecule has 0 unspecified atom stereocenters.